The minimum Gasteiger partial charge on any atom is -0.377 e. The van der Waals surface area contributed by atoms with Gasteiger partial charge in [-0.1, -0.05) is 0 Å². The van der Waals surface area contributed by atoms with Crippen molar-refractivity contribution in [2.75, 3.05) is 11.9 Å². The molecular formula is C12H15BrFN3O2. The highest BCUT2D eigenvalue weighted by molar-refractivity contribution is 9.10. The third-order valence-electron chi connectivity index (χ3n) is 3.22. The van der Waals surface area contributed by atoms with Crippen LogP contribution in [-0.2, 0) is 0 Å². The summed E-state index contributed by atoms with van der Waals surface area (Å²) in [6, 6.07) is 2.90. The summed E-state index contributed by atoms with van der Waals surface area (Å²) in [4.78, 5) is 10.4. The number of nitro groups is 1. The van der Waals surface area contributed by atoms with Gasteiger partial charge in [-0.15, -0.1) is 0 Å². The fourth-order valence-corrected chi connectivity index (χ4v) is 2.63. The molecule has 0 saturated carbocycles. The standard InChI is InChI=1S/C12H15BrFN3O2/c1-7-4-8(2-3-15-7)16-11-5-9(13)10(14)6-12(11)17(18)19/h5-8,15-16H,2-4H2,1H3. The van der Waals surface area contributed by atoms with Gasteiger partial charge in [0.2, 0.25) is 0 Å². The number of halogens is 2. The van der Waals surface area contributed by atoms with E-state index in [2.05, 4.69) is 33.5 Å². The fraction of sp³-hybridized carbons (Fsp3) is 0.500. The molecule has 1 fully saturated rings. The van der Waals surface area contributed by atoms with E-state index in [1.165, 1.54) is 6.07 Å². The van der Waals surface area contributed by atoms with Crippen LogP contribution in [0.2, 0.25) is 0 Å². The van der Waals surface area contributed by atoms with Gasteiger partial charge in [0.1, 0.15) is 11.5 Å². The van der Waals surface area contributed by atoms with Crippen LogP contribution in [0.25, 0.3) is 0 Å². The normalized spacial score (nSPS) is 23.1. The van der Waals surface area contributed by atoms with Crippen LogP contribution in [0.3, 0.4) is 0 Å². The Kier molecular flexibility index (Phi) is 4.36. The van der Waals surface area contributed by atoms with Crippen molar-refractivity contribution in [3.05, 3.63) is 32.5 Å². The number of nitro benzene ring substituents is 1. The molecule has 1 saturated heterocycles. The first-order chi connectivity index (χ1) is 8.97. The zero-order valence-corrected chi connectivity index (χ0v) is 12.0. The van der Waals surface area contributed by atoms with Crippen molar-refractivity contribution in [1.82, 2.24) is 5.32 Å². The van der Waals surface area contributed by atoms with E-state index >= 15 is 0 Å². The molecule has 1 aliphatic heterocycles. The van der Waals surface area contributed by atoms with Gasteiger partial charge in [-0.3, -0.25) is 10.1 Å². The molecule has 104 valence electrons. The predicted molar refractivity (Wildman–Crippen MR) is 74.9 cm³/mol. The lowest BCUT2D eigenvalue weighted by Gasteiger charge is -2.29. The molecule has 5 nitrogen and oxygen atoms in total. The first-order valence-electron chi connectivity index (χ1n) is 6.10. The monoisotopic (exact) mass is 331 g/mol. The molecule has 1 aliphatic rings. The van der Waals surface area contributed by atoms with Gasteiger partial charge in [0, 0.05) is 12.1 Å². The maximum atomic E-state index is 13.4. The summed E-state index contributed by atoms with van der Waals surface area (Å²) >= 11 is 3.06. The number of nitrogens with one attached hydrogen (secondary N) is 2. The van der Waals surface area contributed by atoms with Crippen molar-refractivity contribution in [2.24, 2.45) is 0 Å². The van der Waals surface area contributed by atoms with E-state index in [4.69, 9.17) is 0 Å². The van der Waals surface area contributed by atoms with Crippen molar-refractivity contribution < 1.29 is 9.31 Å². The molecule has 0 bridgehead atoms. The quantitative estimate of drug-likeness (QED) is 0.659. The smallest absolute Gasteiger partial charge is 0.295 e. The van der Waals surface area contributed by atoms with Crippen molar-refractivity contribution >= 4 is 27.3 Å². The van der Waals surface area contributed by atoms with E-state index in [1.807, 2.05) is 0 Å². The predicted octanol–water partition coefficient (Wildman–Crippen LogP) is 3.05. The van der Waals surface area contributed by atoms with Crippen molar-refractivity contribution in [2.45, 2.75) is 31.8 Å². The van der Waals surface area contributed by atoms with Crippen LogP contribution in [0.15, 0.2) is 16.6 Å². The average molecular weight is 332 g/mol. The SMILES string of the molecule is CC1CC(Nc2cc(Br)c(F)cc2[N+](=O)[O-])CCN1. The molecule has 1 aromatic carbocycles. The number of hydrogen-bond donors (Lipinski definition) is 2. The number of hydrogen-bond acceptors (Lipinski definition) is 4. The number of piperidine rings is 1. The Labute approximate surface area is 118 Å². The molecular weight excluding hydrogens is 317 g/mol. The van der Waals surface area contributed by atoms with Gasteiger partial charge >= 0.3 is 0 Å². The van der Waals surface area contributed by atoms with Crippen LogP contribution >= 0.6 is 15.9 Å². The third-order valence-corrected chi connectivity index (χ3v) is 3.83. The van der Waals surface area contributed by atoms with Gasteiger partial charge in [-0.05, 0) is 48.3 Å². The highest BCUT2D eigenvalue weighted by Gasteiger charge is 2.23. The van der Waals surface area contributed by atoms with E-state index in [9.17, 15) is 14.5 Å². The molecule has 2 rings (SSSR count). The number of benzene rings is 1. The molecule has 19 heavy (non-hydrogen) atoms. The van der Waals surface area contributed by atoms with Crippen LogP contribution in [0.1, 0.15) is 19.8 Å². The summed E-state index contributed by atoms with van der Waals surface area (Å²) in [6.45, 7) is 2.94. The number of anilines is 1. The molecule has 2 atom stereocenters. The topological polar surface area (TPSA) is 67.2 Å². The first-order valence-corrected chi connectivity index (χ1v) is 6.90. The Hall–Kier alpha value is -1.21. The Morgan fingerprint density at radius 2 is 2.32 bits per heavy atom. The number of rotatable bonds is 3. The van der Waals surface area contributed by atoms with E-state index < -0.39 is 10.7 Å². The second kappa shape index (κ2) is 5.83. The second-order valence-corrected chi connectivity index (χ2v) is 5.62. The van der Waals surface area contributed by atoms with E-state index in [0.717, 1.165) is 25.5 Å². The lowest BCUT2D eigenvalue weighted by molar-refractivity contribution is -0.384. The minimum absolute atomic E-state index is 0.160. The summed E-state index contributed by atoms with van der Waals surface area (Å²) in [5.74, 6) is -0.629. The Bertz CT molecular complexity index is 498. The van der Waals surface area contributed by atoms with Crippen LogP contribution in [0, 0.1) is 15.9 Å². The largest absolute Gasteiger partial charge is 0.377 e. The fourth-order valence-electron chi connectivity index (χ4n) is 2.29. The zero-order chi connectivity index (χ0) is 14.0. The van der Waals surface area contributed by atoms with E-state index in [-0.39, 0.29) is 16.2 Å². The summed E-state index contributed by atoms with van der Waals surface area (Å²) in [6.07, 6.45) is 1.77. The summed E-state index contributed by atoms with van der Waals surface area (Å²) in [5, 5.41) is 17.4. The molecule has 2 unspecified atom stereocenters. The van der Waals surface area contributed by atoms with Gasteiger partial charge in [0.25, 0.3) is 5.69 Å². The Morgan fingerprint density at radius 1 is 1.58 bits per heavy atom. The van der Waals surface area contributed by atoms with Gasteiger partial charge in [-0.25, -0.2) is 4.39 Å². The third kappa shape index (κ3) is 3.42. The molecule has 1 heterocycles. The van der Waals surface area contributed by atoms with Crippen molar-refractivity contribution in [1.29, 1.82) is 0 Å². The zero-order valence-electron chi connectivity index (χ0n) is 10.5. The van der Waals surface area contributed by atoms with Crippen LogP contribution in [0.4, 0.5) is 15.8 Å². The lowest BCUT2D eigenvalue weighted by atomic mass is 10.0. The molecule has 1 aromatic rings. The van der Waals surface area contributed by atoms with Gasteiger partial charge in [-0.2, -0.15) is 0 Å². The van der Waals surface area contributed by atoms with Crippen LogP contribution in [-0.4, -0.2) is 23.6 Å². The minimum atomic E-state index is -0.629. The molecule has 0 amide bonds. The van der Waals surface area contributed by atoms with Crippen LogP contribution in [0.5, 0.6) is 0 Å². The molecule has 0 radical (unpaired) electrons. The van der Waals surface area contributed by atoms with Gasteiger partial charge < -0.3 is 10.6 Å². The molecule has 0 aromatic heterocycles. The molecule has 0 spiro atoms. The Balaban J connectivity index is 2.23. The van der Waals surface area contributed by atoms with Gasteiger partial charge in [0.15, 0.2) is 0 Å². The van der Waals surface area contributed by atoms with E-state index in [1.54, 1.807) is 0 Å². The first kappa shape index (κ1) is 14.2. The van der Waals surface area contributed by atoms with Crippen molar-refractivity contribution in [3.63, 3.8) is 0 Å². The molecule has 0 aliphatic carbocycles. The highest BCUT2D eigenvalue weighted by Crippen LogP contribution is 2.31. The Morgan fingerprint density at radius 3 is 2.95 bits per heavy atom. The summed E-state index contributed by atoms with van der Waals surface area (Å²) < 4.78 is 13.6. The highest BCUT2D eigenvalue weighted by atomic mass is 79.9. The molecule has 2 N–H and O–H groups in total. The maximum absolute atomic E-state index is 13.4. The van der Waals surface area contributed by atoms with Crippen LogP contribution < -0.4 is 10.6 Å². The average Bonchev–Trinajstić information content (AvgIpc) is 2.33. The lowest BCUT2D eigenvalue weighted by Crippen LogP contribution is -2.41. The molecule has 7 heteroatoms. The van der Waals surface area contributed by atoms with E-state index in [0.29, 0.717) is 11.7 Å². The second-order valence-electron chi connectivity index (χ2n) is 4.76. The van der Waals surface area contributed by atoms with Gasteiger partial charge in [0.05, 0.1) is 15.5 Å². The summed E-state index contributed by atoms with van der Waals surface area (Å²) in [7, 11) is 0. The number of nitrogens with zero attached hydrogens (tertiary/aromatic N) is 1. The van der Waals surface area contributed by atoms with Crippen molar-refractivity contribution in [3.8, 4) is 0 Å². The maximum Gasteiger partial charge on any atom is 0.295 e. The summed E-state index contributed by atoms with van der Waals surface area (Å²) in [5.41, 5.74) is 0.129.